The molecule has 2 aliphatic rings. The third-order valence-corrected chi connectivity index (χ3v) is 5.96. The minimum atomic E-state index is -0.359. The predicted octanol–water partition coefficient (Wildman–Crippen LogP) is 4.06. The van der Waals surface area contributed by atoms with Gasteiger partial charge in [0.1, 0.15) is 17.7 Å². The van der Waals surface area contributed by atoms with Crippen LogP contribution in [0.4, 0.5) is 4.39 Å². The second kappa shape index (κ2) is 9.08. The van der Waals surface area contributed by atoms with Crippen molar-refractivity contribution < 1.29 is 23.2 Å². The van der Waals surface area contributed by atoms with Crippen molar-refractivity contribution in [2.24, 2.45) is 0 Å². The third-order valence-electron chi connectivity index (χ3n) is 5.96. The summed E-state index contributed by atoms with van der Waals surface area (Å²) < 4.78 is 30.4. The zero-order chi connectivity index (χ0) is 21.9. The molecule has 0 spiro atoms. The first-order valence-corrected chi connectivity index (χ1v) is 10.9. The summed E-state index contributed by atoms with van der Waals surface area (Å²) in [5.74, 6) is 1.55. The molecule has 0 aliphatic carbocycles. The van der Waals surface area contributed by atoms with Gasteiger partial charge in [0.25, 0.3) is 11.8 Å². The summed E-state index contributed by atoms with van der Waals surface area (Å²) in [5, 5.41) is 4.19. The number of rotatable bonds is 5. The molecule has 32 heavy (non-hydrogen) atoms. The van der Waals surface area contributed by atoms with E-state index in [1.807, 2.05) is 24.3 Å². The van der Waals surface area contributed by atoms with Crippen molar-refractivity contribution in [1.29, 1.82) is 0 Å². The van der Waals surface area contributed by atoms with E-state index in [4.69, 9.17) is 14.0 Å². The maximum Gasteiger partial charge on any atom is 0.261 e. The summed E-state index contributed by atoms with van der Waals surface area (Å²) in [6.45, 7) is 2.46. The van der Waals surface area contributed by atoms with E-state index in [0.29, 0.717) is 55.8 Å². The van der Waals surface area contributed by atoms with Gasteiger partial charge in [0.2, 0.25) is 0 Å². The molecule has 2 aliphatic heterocycles. The molecule has 2 fully saturated rings. The zero-order valence-electron chi connectivity index (χ0n) is 17.6. The molecule has 5 rings (SSSR count). The summed E-state index contributed by atoms with van der Waals surface area (Å²) in [4.78, 5) is 19.1. The van der Waals surface area contributed by atoms with Gasteiger partial charge in [-0.05, 0) is 49.2 Å². The lowest BCUT2D eigenvalue weighted by Gasteiger charge is -2.18. The molecule has 0 bridgehead atoms. The maximum absolute atomic E-state index is 13.1. The molecule has 1 unspecified atom stereocenters. The highest BCUT2D eigenvalue weighted by Gasteiger charge is 2.29. The van der Waals surface area contributed by atoms with Crippen LogP contribution in [-0.4, -0.2) is 53.4 Å². The van der Waals surface area contributed by atoms with E-state index >= 15 is 0 Å². The Bertz CT molecular complexity index is 1080. The number of amides is 1. The van der Waals surface area contributed by atoms with Crippen LogP contribution in [0.1, 0.15) is 41.4 Å². The fraction of sp³-hybridized carbons (Fsp3) is 0.375. The van der Waals surface area contributed by atoms with Gasteiger partial charge in [-0.3, -0.25) is 4.79 Å². The van der Waals surface area contributed by atoms with Crippen LogP contribution in [0.2, 0.25) is 0 Å². The quantitative estimate of drug-likeness (QED) is 0.599. The summed E-state index contributed by atoms with van der Waals surface area (Å²) in [6.07, 6.45) is 2.32. The predicted molar refractivity (Wildman–Crippen MR) is 114 cm³/mol. The smallest absolute Gasteiger partial charge is 0.261 e. The van der Waals surface area contributed by atoms with E-state index in [0.717, 1.165) is 18.4 Å². The summed E-state index contributed by atoms with van der Waals surface area (Å²) in [5.41, 5.74) is 1.21. The monoisotopic (exact) mass is 437 g/mol. The van der Waals surface area contributed by atoms with Crippen LogP contribution in [-0.2, 0) is 4.74 Å². The molecular formula is C24H24FN3O4. The molecule has 166 valence electrons. The highest BCUT2D eigenvalue weighted by Crippen LogP contribution is 2.33. The number of halogens is 1. The van der Waals surface area contributed by atoms with Crippen molar-refractivity contribution in [3.63, 3.8) is 0 Å². The minimum Gasteiger partial charge on any atom is -0.488 e. The Balaban J connectivity index is 1.27. The number of nitrogens with zero attached hydrogens (tertiary/aromatic N) is 3. The van der Waals surface area contributed by atoms with Gasteiger partial charge in [-0.25, -0.2) is 4.39 Å². The first-order valence-electron chi connectivity index (χ1n) is 10.9. The number of hydrogen-bond acceptors (Lipinski definition) is 6. The lowest BCUT2D eigenvalue weighted by Crippen LogP contribution is -2.31. The van der Waals surface area contributed by atoms with Crippen molar-refractivity contribution in [3.05, 3.63) is 65.7 Å². The largest absolute Gasteiger partial charge is 0.488 e. The Kier molecular flexibility index (Phi) is 5.85. The molecular weight excluding hydrogens is 413 g/mol. The Morgan fingerprint density at radius 1 is 1.06 bits per heavy atom. The molecule has 2 saturated heterocycles. The molecule has 0 N–H and O–H groups in total. The van der Waals surface area contributed by atoms with E-state index in [9.17, 15) is 9.18 Å². The molecule has 1 aromatic heterocycles. The van der Waals surface area contributed by atoms with E-state index < -0.39 is 0 Å². The van der Waals surface area contributed by atoms with Crippen LogP contribution >= 0.6 is 0 Å². The van der Waals surface area contributed by atoms with Gasteiger partial charge in [0, 0.05) is 37.7 Å². The van der Waals surface area contributed by atoms with Gasteiger partial charge in [-0.2, -0.15) is 4.98 Å². The maximum atomic E-state index is 13.1. The third kappa shape index (κ3) is 4.36. The second-order valence-corrected chi connectivity index (χ2v) is 8.13. The van der Waals surface area contributed by atoms with Crippen LogP contribution in [0, 0.1) is 5.82 Å². The number of carbonyl (C=O) groups excluding carboxylic acids is 1. The summed E-state index contributed by atoms with van der Waals surface area (Å²) >= 11 is 0. The topological polar surface area (TPSA) is 77.7 Å². The lowest BCUT2D eigenvalue weighted by atomic mass is 10.00. The van der Waals surface area contributed by atoms with Crippen LogP contribution in [0.5, 0.6) is 5.75 Å². The number of ether oxygens (including phenoxy) is 2. The average Bonchev–Trinajstić information content (AvgIpc) is 3.50. The molecule has 7 nitrogen and oxygen atoms in total. The number of hydrogen-bond donors (Lipinski definition) is 0. The van der Waals surface area contributed by atoms with Crippen molar-refractivity contribution in [1.82, 2.24) is 15.0 Å². The number of likely N-dealkylation sites (tertiary alicyclic amines) is 1. The molecule has 1 atom stereocenters. The number of para-hydroxylation sites is 1. The van der Waals surface area contributed by atoms with Crippen LogP contribution < -0.4 is 4.74 Å². The minimum absolute atomic E-state index is 0.123. The SMILES string of the molecule is O=C(c1ccc(F)cc1)N1CCC(Oc2ccccc2-c2nc(C3CCOCC3)no2)C1. The number of benzene rings is 2. The fourth-order valence-corrected chi connectivity index (χ4v) is 4.18. The van der Waals surface area contributed by atoms with Crippen molar-refractivity contribution in [2.75, 3.05) is 26.3 Å². The Hall–Kier alpha value is -3.26. The molecule has 3 heterocycles. The van der Waals surface area contributed by atoms with Gasteiger partial charge in [0.05, 0.1) is 12.1 Å². The Morgan fingerprint density at radius 3 is 2.66 bits per heavy atom. The highest BCUT2D eigenvalue weighted by molar-refractivity contribution is 5.94. The number of carbonyl (C=O) groups is 1. The van der Waals surface area contributed by atoms with Crippen LogP contribution in [0.15, 0.2) is 53.1 Å². The zero-order valence-corrected chi connectivity index (χ0v) is 17.6. The Morgan fingerprint density at radius 2 is 1.84 bits per heavy atom. The molecule has 0 radical (unpaired) electrons. The van der Waals surface area contributed by atoms with E-state index in [1.54, 1.807) is 4.90 Å². The van der Waals surface area contributed by atoms with Crippen molar-refractivity contribution >= 4 is 5.91 Å². The van der Waals surface area contributed by atoms with Gasteiger partial charge >= 0.3 is 0 Å². The average molecular weight is 437 g/mol. The standard InChI is InChI=1S/C24H24FN3O4/c25-18-7-5-17(6-8-18)24(29)28-12-9-19(15-28)31-21-4-2-1-3-20(21)23-26-22(27-32-23)16-10-13-30-14-11-16/h1-8,16,19H,9-15H2. The summed E-state index contributed by atoms with van der Waals surface area (Å²) in [7, 11) is 0. The van der Waals surface area contributed by atoms with Crippen LogP contribution in [0.3, 0.4) is 0 Å². The van der Waals surface area contributed by atoms with Crippen molar-refractivity contribution in [2.45, 2.75) is 31.3 Å². The van der Waals surface area contributed by atoms with E-state index in [1.165, 1.54) is 24.3 Å². The first kappa shape index (κ1) is 20.6. The number of aromatic nitrogens is 2. The highest BCUT2D eigenvalue weighted by atomic mass is 19.1. The van der Waals surface area contributed by atoms with Gasteiger partial charge < -0.3 is 18.9 Å². The van der Waals surface area contributed by atoms with Gasteiger partial charge in [-0.1, -0.05) is 17.3 Å². The van der Waals surface area contributed by atoms with Gasteiger partial charge in [-0.15, -0.1) is 0 Å². The first-order chi connectivity index (χ1) is 15.7. The summed E-state index contributed by atoms with van der Waals surface area (Å²) in [6, 6.07) is 13.2. The van der Waals surface area contributed by atoms with Gasteiger partial charge in [0.15, 0.2) is 5.82 Å². The van der Waals surface area contributed by atoms with Crippen LogP contribution in [0.25, 0.3) is 11.5 Å². The lowest BCUT2D eigenvalue weighted by molar-refractivity contribution is 0.0772. The molecule has 1 amide bonds. The molecule has 2 aromatic carbocycles. The second-order valence-electron chi connectivity index (χ2n) is 8.13. The normalized spacial score (nSPS) is 19.3. The van der Waals surface area contributed by atoms with E-state index in [2.05, 4.69) is 10.1 Å². The van der Waals surface area contributed by atoms with E-state index in [-0.39, 0.29) is 23.7 Å². The molecule has 0 saturated carbocycles. The Labute approximate surface area is 185 Å². The van der Waals surface area contributed by atoms with Crippen molar-refractivity contribution in [3.8, 4) is 17.2 Å². The fourth-order valence-electron chi connectivity index (χ4n) is 4.18. The molecule has 8 heteroatoms. The molecule has 3 aromatic rings.